The fourth-order valence-electron chi connectivity index (χ4n) is 3.12. The third-order valence-electron chi connectivity index (χ3n) is 4.57. The van der Waals surface area contributed by atoms with Crippen molar-refractivity contribution in [1.82, 2.24) is 9.55 Å². The minimum atomic E-state index is -4.59. The molecule has 0 aliphatic rings. The van der Waals surface area contributed by atoms with Crippen LogP contribution >= 0.6 is 11.6 Å². The van der Waals surface area contributed by atoms with Gasteiger partial charge in [0.2, 0.25) is 0 Å². The van der Waals surface area contributed by atoms with Gasteiger partial charge in [-0.3, -0.25) is 9.36 Å². The first-order valence-electron chi connectivity index (χ1n) is 9.24. The second-order valence-corrected chi connectivity index (χ2v) is 7.17. The molecule has 0 radical (unpaired) electrons. The first-order valence-corrected chi connectivity index (χ1v) is 9.62. The number of alkyl halides is 3. The average Bonchev–Trinajstić information content (AvgIpc) is 3.16. The van der Waals surface area contributed by atoms with Crippen molar-refractivity contribution in [1.29, 1.82) is 0 Å². The standard InChI is InChI=1S/C22H14ClF3N4O2/c23-18-12-16(6-7-17(18)22(24,25)26)29-21(32)28-15-5-1-3-14(11-15)20(31)30-10-8-13-4-2-9-27-19(13)30/h1-12H,(H2,28,29,32). The minimum absolute atomic E-state index is 0.0811. The normalized spacial score (nSPS) is 11.4. The Balaban J connectivity index is 1.49. The zero-order valence-electron chi connectivity index (χ0n) is 16.2. The number of anilines is 2. The van der Waals surface area contributed by atoms with Gasteiger partial charge in [-0.15, -0.1) is 0 Å². The number of hydrogen-bond donors (Lipinski definition) is 2. The lowest BCUT2D eigenvalue weighted by Gasteiger charge is -2.12. The average molecular weight is 459 g/mol. The van der Waals surface area contributed by atoms with Crippen LogP contribution in [0.5, 0.6) is 0 Å². The fourth-order valence-corrected chi connectivity index (χ4v) is 3.40. The molecule has 0 fully saturated rings. The van der Waals surface area contributed by atoms with Crippen molar-refractivity contribution < 1.29 is 22.8 Å². The summed E-state index contributed by atoms with van der Waals surface area (Å²) in [6.45, 7) is 0. The Bertz CT molecular complexity index is 1330. The minimum Gasteiger partial charge on any atom is -0.308 e. The van der Waals surface area contributed by atoms with Crippen LogP contribution in [0.1, 0.15) is 15.9 Å². The summed E-state index contributed by atoms with van der Waals surface area (Å²) in [6.07, 6.45) is -1.39. The van der Waals surface area contributed by atoms with Gasteiger partial charge in [0.05, 0.1) is 10.6 Å². The summed E-state index contributed by atoms with van der Waals surface area (Å²) in [5, 5.41) is 5.23. The number of amides is 2. The molecule has 2 heterocycles. The number of pyridine rings is 1. The number of carbonyl (C=O) groups is 2. The molecule has 0 atom stereocenters. The van der Waals surface area contributed by atoms with Gasteiger partial charge in [0.15, 0.2) is 0 Å². The molecule has 10 heteroatoms. The van der Waals surface area contributed by atoms with Gasteiger partial charge in [-0.25, -0.2) is 9.78 Å². The van der Waals surface area contributed by atoms with Crippen LogP contribution in [0, 0.1) is 0 Å². The molecule has 4 rings (SSSR count). The highest BCUT2D eigenvalue weighted by molar-refractivity contribution is 6.31. The lowest BCUT2D eigenvalue weighted by Crippen LogP contribution is -2.20. The quantitative estimate of drug-likeness (QED) is 0.393. The Morgan fingerprint density at radius 1 is 0.938 bits per heavy atom. The summed E-state index contributed by atoms with van der Waals surface area (Å²) in [5.74, 6) is -0.336. The highest BCUT2D eigenvalue weighted by Gasteiger charge is 2.33. The highest BCUT2D eigenvalue weighted by atomic mass is 35.5. The molecule has 0 saturated heterocycles. The predicted octanol–water partition coefficient (Wildman–Crippen LogP) is 6.04. The highest BCUT2D eigenvalue weighted by Crippen LogP contribution is 2.35. The van der Waals surface area contributed by atoms with Gasteiger partial charge >= 0.3 is 12.2 Å². The lowest BCUT2D eigenvalue weighted by atomic mass is 10.2. The Labute approximate surface area is 184 Å². The number of halogens is 4. The van der Waals surface area contributed by atoms with Crippen LogP contribution in [-0.2, 0) is 6.18 Å². The van der Waals surface area contributed by atoms with Gasteiger partial charge in [0.25, 0.3) is 5.91 Å². The van der Waals surface area contributed by atoms with E-state index in [2.05, 4.69) is 15.6 Å². The van der Waals surface area contributed by atoms with E-state index in [0.717, 1.165) is 23.6 Å². The van der Waals surface area contributed by atoms with E-state index in [1.165, 1.54) is 10.6 Å². The van der Waals surface area contributed by atoms with Gasteiger partial charge in [-0.05, 0) is 54.6 Å². The smallest absolute Gasteiger partial charge is 0.308 e. The van der Waals surface area contributed by atoms with Crippen LogP contribution in [-0.4, -0.2) is 21.5 Å². The third kappa shape index (κ3) is 4.42. The summed E-state index contributed by atoms with van der Waals surface area (Å²) in [6, 6.07) is 13.8. The lowest BCUT2D eigenvalue weighted by molar-refractivity contribution is -0.137. The molecule has 2 N–H and O–H groups in total. The molecule has 0 unspecified atom stereocenters. The molecule has 2 aromatic carbocycles. The molecule has 2 amide bonds. The maximum absolute atomic E-state index is 12.9. The largest absolute Gasteiger partial charge is 0.417 e. The summed E-state index contributed by atoms with van der Waals surface area (Å²) >= 11 is 5.67. The Kier molecular flexibility index (Phi) is 5.58. The Morgan fingerprint density at radius 2 is 1.69 bits per heavy atom. The predicted molar refractivity (Wildman–Crippen MR) is 115 cm³/mol. The SMILES string of the molecule is O=C(Nc1cccc(C(=O)n2ccc3cccnc32)c1)Nc1ccc(C(F)(F)F)c(Cl)c1. The van der Waals surface area contributed by atoms with E-state index < -0.39 is 22.8 Å². The van der Waals surface area contributed by atoms with Crippen molar-refractivity contribution in [2.75, 3.05) is 10.6 Å². The molecule has 0 bridgehead atoms. The number of rotatable bonds is 3. The Morgan fingerprint density at radius 3 is 2.41 bits per heavy atom. The molecular formula is C22H14ClF3N4O2. The summed E-state index contributed by atoms with van der Waals surface area (Å²) in [5.41, 5.74) is 0.216. The van der Waals surface area contributed by atoms with Gasteiger partial charge in [0.1, 0.15) is 5.65 Å². The number of urea groups is 1. The molecule has 4 aromatic rings. The third-order valence-corrected chi connectivity index (χ3v) is 4.88. The van der Waals surface area contributed by atoms with Crippen molar-refractivity contribution in [3.05, 3.63) is 89.2 Å². The van der Waals surface area contributed by atoms with E-state index in [9.17, 15) is 22.8 Å². The van der Waals surface area contributed by atoms with E-state index in [1.807, 2.05) is 6.07 Å². The Hall–Kier alpha value is -3.85. The van der Waals surface area contributed by atoms with E-state index in [1.54, 1.807) is 42.7 Å². The summed E-state index contributed by atoms with van der Waals surface area (Å²) in [7, 11) is 0. The molecule has 32 heavy (non-hydrogen) atoms. The summed E-state index contributed by atoms with van der Waals surface area (Å²) < 4.78 is 39.8. The van der Waals surface area contributed by atoms with Crippen molar-refractivity contribution in [2.24, 2.45) is 0 Å². The molecule has 162 valence electrons. The van der Waals surface area contributed by atoms with E-state index in [0.29, 0.717) is 16.9 Å². The second kappa shape index (κ2) is 8.35. The number of aromatic nitrogens is 2. The number of nitrogens with zero attached hydrogens (tertiary/aromatic N) is 2. The molecular weight excluding hydrogens is 445 g/mol. The van der Waals surface area contributed by atoms with Gasteiger partial charge in [-0.2, -0.15) is 13.2 Å². The first-order chi connectivity index (χ1) is 15.2. The topological polar surface area (TPSA) is 76.0 Å². The zero-order valence-corrected chi connectivity index (χ0v) is 16.9. The van der Waals surface area contributed by atoms with Gasteiger partial charge < -0.3 is 10.6 Å². The molecule has 0 aliphatic heterocycles. The number of carbonyl (C=O) groups excluding carboxylic acids is 2. The van der Waals surface area contributed by atoms with Gasteiger partial charge in [0, 0.05) is 34.7 Å². The van der Waals surface area contributed by atoms with Crippen LogP contribution in [0.2, 0.25) is 5.02 Å². The van der Waals surface area contributed by atoms with Crippen LogP contribution < -0.4 is 10.6 Å². The van der Waals surface area contributed by atoms with Crippen molar-refractivity contribution in [2.45, 2.75) is 6.18 Å². The number of hydrogen-bond acceptors (Lipinski definition) is 3. The van der Waals surface area contributed by atoms with Crippen molar-refractivity contribution in [3.8, 4) is 0 Å². The van der Waals surface area contributed by atoms with Crippen molar-refractivity contribution >= 4 is 45.9 Å². The molecule has 6 nitrogen and oxygen atoms in total. The molecule has 0 spiro atoms. The number of benzene rings is 2. The fraction of sp³-hybridized carbons (Fsp3) is 0.0455. The maximum Gasteiger partial charge on any atom is 0.417 e. The van der Waals surface area contributed by atoms with Crippen LogP contribution in [0.4, 0.5) is 29.3 Å². The first kappa shape index (κ1) is 21.4. The number of nitrogens with one attached hydrogen (secondary N) is 2. The molecule has 0 saturated carbocycles. The van der Waals surface area contributed by atoms with E-state index in [4.69, 9.17) is 11.6 Å². The van der Waals surface area contributed by atoms with E-state index in [-0.39, 0.29) is 11.6 Å². The van der Waals surface area contributed by atoms with Gasteiger partial charge in [-0.1, -0.05) is 17.7 Å². The monoisotopic (exact) mass is 458 g/mol. The number of fused-ring (bicyclic) bond motifs is 1. The van der Waals surface area contributed by atoms with Crippen LogP contribution in [0.15, 0.2) is 73.1 Å². The maximum atomic E-state index is 12.9. The van der Waals surface area contributed by atoms with Crippen LogP contribution in [0.25, 0.3) is 11.0 Å². The summed E-state index contributed by atoms with van der Waals surface area (Å²) in [4.78, 5) is 29.4. The second-order valence-electron chi connectivity index (χ2n) is 6.76. The zero-order chi connectivity index (χ0) is 22.9. The molecule has 2 aromatic heterocycles. The molecule has 0 aliphatic carbocycles. The van der Waals surface area contributed by atoms with Crippen LogP contribution in [0.3, 0.4) is 0 Å². The van der Waals surface area contributed by atoms with E-state index >= 15 is 0 Å². The van der Waals surface area contributed by atoms with Crippen molar-refractivity contribution in [3.63, 3.8) is 0 Å².